The highest BCUT2D eigenvalue weighted by molar-refractivity contribution is 8.00. The molecule has 3 fully saturated rings. The van der Waals surface area contributed by atoms with Gasteiger partial charge in [-0.25, -0.2) is 0 Å². The van der Waals surface area contributed by atoms with Crippen LogP contribution in [-0.2, 0) is 12.1 Å². The highest BCUT2D eigenvalue weighted by atomic mass is 32.2. The minimum Gasteiger partial charge on any atom is -0.508 e. The molecular weight excluding hydrogens is 468 g/mol. The van der Waals surface area contributed by atoms with Gasteiger partial charge in [0.25, 0.3) is 0 Å². The number of piperidine rings is 3. The summed E-state index contributed by atoms with van der Waals surface area (Å²) < 4.78 is 6.89. The highest BCUT2D eigenvalue weighted by Gasteiger charge is 2.47. The van der Waals surface area contributed by atoms with Crippen molar-refractivity contribution < 1.29 is 19.2 Å². The number of nitrogens with zero attached hydrogens (tertiary/aromatic N) is 2. The van der Waals surface area contributed by atoms with Crippen LogP contribution in [0.3, 0.4) is 0 Å². The number of quaternary nitrogens is 1. The summed E-state index contributed by atoms with van der Waals surface area (Å²) >= 11 is 1.89. The van der Waals surface area contributed by atoms with Gasteiger partial charge in [0, 0.05) is 23.8 Å². The monoisotopic (exact) mass is 499 g/mol. The van der Waals surface area contributed by atoms with Gasteiger partial charge in [0.1, 0.15) is 18.0 Å². The Morgan fingerprint density at radius 2 is 1.56 bits per heavy atom. The molecule has 0 aliphatic carbocycles. The molecule has 0 radical (unpaired) electrons. The number of aromatic hydroxyl groups is 1. The molecule has 0 unspecified atom stereocenters. The van der Waals surface area contributed by atoms with Gasteiger partial charge in [-0.2, -0.15) is 0 Å². The SMILES string of the molecule is Oc1cccc(S[C@H]2C[N+]3(Cc4cc(C(O)(c5ccccc5)c5ccccc5)no4)CCC2CC3)c1. The number of hydrogen-bond acceptors (Lipinski definition) is 5. The third-order valence-electron chi connectivity index (χ3n) is 7.95. The number of aliphatic hydroxyl groups is 1. The minimum absolute atomic E-state index is 0.323. The fourth-order valence-corrected chi connectivity index (χ4v) is 7.57. The molecule has 7 rings (SSSR count). The zero-order chi connectivity index (χ0) is 24.6. The number of hydrogen-bond donors (Lipinski definition) is 2. The Bertz CT molecular complexity index is 1280. The third-order valence-corrected chi connectivity index (χ3v) is 9.31. The molecule has 36 heavy (non-hydrogen) atoms. The van der Waals surface area contributed by atoms with E-state index in [2.05, 4.69) is 11.2 Å². The fraction of sp³-hybridized carbons (Fsp3) is 0.300. The van der Waals surface area contributed by atoms with E-state index < -0.39 is 5.60 Å². The van der Waals surface area contributed by atoms with Crippen LogP contribution in [0.2, 0.25) is 0 Å². The van der Waals surface area contributed by atoms with Gasteiger partial charge in [-0.15, -0.1) is 11.8 Å². The van der Waals surface area contributed by atoms with Gasteiger partial charge < -0.3 is 19.2 Å². The molecule has 3 aromatic carbocycles. The van der Waals surface area contributed by atoms with Crippen molar-refractivity contribution in [2.75, 3.05) is 19.6 Å². The molecule has 6 heteroatoms. The second-order valence-electron chi connectivity index (χ2n) is 10.2. The van der Waals surface area contributed by atoms with Crippen molar-refractivity contribution in [1.82, 2.24) is 5.16 Å². The minimum atomic E-state index is -1.38. The molecule has 0 saturated carbocycles. The topological polar surface area (TPSA) is 66.5 Å². The fourth-order valence-electron chi connectivity index (χ4n) is 6.02. The van der Waals surface area contributed by atoms with Gasteiger partial charge >= 0.3 is 0 Å². The molecule has 4 aromatic rings. The standard InChI is InChI=1S/C30H30N2O3S/c33-25-12-7-13-27(18-25)36-28-21-32(16-14-22(28)15-17-32)20-26-19-29(31-35-26)30(34,23-8-3-1-4-9-23)24-10-5-2-6-11-24/h1-13,18-19,22,28,34H,14-17,20-21H2/p+1/t22?,28-,32?/m0/s1. The maximum Gasteiger partial charge on any atom is 0.191 e. The van der Waals surface area contributed by atoms with E-state index in [-0.39, 0.29) is 0 Å². The average molecular weight is 500 g/mol. The van der Waals surface area contributed by atoms with Crippen LogP contribution in [0.25, 0.3) is 0 Å². The van der Waals surface area contributed by atoms with E-state index in [1.807, 2.05) is 90.6 Å². The van der Waals surface area contributed by atoms with E-state index in [0.717, 1.165) is 52.4 Å². The Morgan fingerprint density at radius 3 is 2.19 bits per heavy atom. The molecule has 2 N–H and O–H groups in total. The van der Waals surface area contributed by atoms with Crippen molar-refractivity contribution in [3.05, 3.63) is 114 Å². The summed E-state index contributed by atoms with van der Waals surface area (Å²) in [6.07, 6.45) is 2.41. The maximum atomic E-state index is 12.1. The van der Waals surface area contributed by atoms with Gasteiger partial charge in [0.2, 0.25) is 0 Å². The molecule has 5 nitrogen and oxygen atoms in total. The van der Waals surface area contributed by atoms with Crippen molar-refractivity contribution >= 4 is 11.8 Å². The van der Waals surface area contributed by atoms with Crippen LogP contribution in [0.15, 0.2) is 100 Å². The molecule has 0 spiro atoms. The first kappa shape index (κ1) is 23.3. The van der Waals surface area contributed by atoms with E-state index >= 15 is 0 Å². The van der Waals surface area contributed by atoms with Crippen molar-refractivity contribution in [2.24, 2.45) is 5.92 Å². The molecule has 0 amide bonds. The molecule has 1 aromatic heterocycles. The van der Waals surface area contributed by atoms with E-state index in [1.165, 1.54) is 12.8 Å². The molecule has 3 aliphatic rings. The maximum absolute atomic E-state index is 12.1. The first-order valence-corrected chi connectivity index (χ1v) is 13.5. The number of fused-ring (bicyclic) bond motifs is 3. The van der Waals surface area contributed by atoms with E-state index in [0.29, 0.717) is 22.6 Å². The summed E-state index contributed by atoms with van der Waals surface area (Å²) in [4.78, 5) is 1.13. The molecule has 3 saturated heterocycles. The van der Waals surface area contributed by atoms with Crippen molar-refractivity contribution in [3.8, 4) is 5.75 Å². The molecule has 184 valence electrons. The van der Waals surface area contributed by atoms with Crippen LogP contribution in [-0.4, -0.2) is 44.7 Å². The Morgan fingerprint density at radius 1 is 0.889 bits per heavy atom. The number of benzene rings is 3. The first-order chi connectivity index (χ1) is 17.5. The van der Waals surface area contributed by atoms with Crippen LogP contribution < -0.4 is 0 Å². The third kappa shape index (κ3) is 4.34. The number of aromatic nitrogens is 1. The Hall–Kier alpha value is -3.06. The normalized spacial score (nSPS) is 23.6. The quantitative estimate of drug-likeness (QED) is 0.326. The van der Waals surface area contributed by atoms with Gasteiger partial charge in [0.05, 0.1) is 24.9 Å². The van der Waals surface area contributed by atoms with Crippen molar-refractivity contribution in [3.63, 3.8) is 0 Å². The lowest BCUT2D eigenvalue weighted by molar-refractivity contribution is -0.954. The van der Waals surface area contributed by atoms with Crippen LogP contribution in [0.1, 0.15) is 35.4 Å². The number of phenolic OH excluding ortho intramolecular Hbond substituents is 1. The average Bonchev–Trinajstić information content (AvgIpc) is 3.38. The van der Waals surface area contributed by atoms with Crippen LogP contribution in [0.4, 0.5) is 0 Å². The van der Waals surface area contributed by atoms with Crippen molar-refractivity contribution in [1.29, 1.82) is 0 Å². The Kier molecular flexibility index (Phi) is 6.12. The van der Waals surface area contributed by atoms with Gasteiger partial charge in [-0.3, -0.25) is 0 Å². The zero-order valence-corrected chi connectivity index (χ0v) is 21.0. The second-order valence-corrected chi connectivity index (χ2v) is 11.6. The largest absolute Gasteiger partial charge is 0.508 e. The summed E-state index contributed by atoms with van der Waals surface area (Å²) in [5, 5.41) is 26.9. The van der Waals surface area contributed by atoms with E-state index in [9.17, 15) is 10.2 Å². The molecule has 4 heterocycles. The summed E-state index contributed by atoms with van der Waals surface area (Å²) in [5.41, 5.74) is 0.673. The van der Waals surface area contributed by atoms with E-state index in [1.54, 1.807) is 6.07 Å². The summed E-state index contributed by atoms with van der Waals surface area (Å²) in [7, 11) is 0. The van der Waals surface area contributed by atoms with E-state index in [4.69, 9.17) is 4.52 Å². The predicted octanol–water partition coefficient (Wildman–Crippen LogP) is 5.57. The molecular formula is C30H31N2O3S+. The molecule has 1 atom stereocenters. The first-order valence-electron chi connectivity index (χ1n) is 12.6. The zero-order valence-electron chi connectivity index (χ0n) is 20.2. The number of thioether (sulfide) groups is 1. The van der Waals surface area contributed by atoms with Crippen LogP contribution in [0.5, 0.6) is 5.75 Å². The Balaban J connectivity index is 1.26. The number of rotatable bonds is 7. The van der Waals surface area contributed by atoms with Crippen LogP contribution in [0, 0.1) is 5.92 Å². The lowest BCUT2D eigenvalue weighted by atomic mass is 9.83. The smallest absolute Gasteiger partial charge is 0.191 e. The molecule has 3 aliphatic heterocycles. The number of phenols is 1. The summed E-state index contributed by atoms with van der Waals surface area (Å²) in [6, 6.07) is 28.9. The molecule has 2 bridgehead atoms. The predicted molar refractivity (Wildman–Crippen MR) is 141 cm³/mol. The van der Waals surface area contributed by atoms with Gasteiger partial charge in [-0.1, -0.05) is 71.9 Å². The Labute approximate surface area is 216 Å². The second kappa shape index (κ2) is 9.43. The van der Waals surface area contributed by atoms with Gasteiger partial charge in [0.15, 0.2) is 11.4 Å². The van der Waals surface area contributed by atoms with Crippen LogP contribution >= 0.6 is 11.8 Å². The van der Waals surface area contributed by atoms with Gasteiger partial charge in [-0.05, 0) is 35.2 Å². The lowest BCUT2D eigenvalue weighted by Gasteiger charge is -2.52. The highest BCUT2D eigenvalue weighted by Crippen LogP contribution is 2.44. The van der Waals surface area contributed by atoms with Crippen molar-refractivity contribution in [2.45, 2.75) is 35.1 Å². The summed E-state index contributed by atoms with van der Waals surface area (Å²) in [6.45, 7) is 4.12. The summed E-state index contributed by atoms with van der Waals surface area (Å²) in [5.74, 6) is 1.85. The lowest BCUT2D eigenvalue weighted by Crippen LogP contribution is -2.62.